The Hall–Kier alpha value is -1.48. The fourth-order valence-corrected chi connectivity index (χ4v) is 2.72. The van der Waals surface area contributed by atoms with Crippen molar-refractivity contribution in [3.63, 3.8) is 0 Å². The molecule has 0 fully saturated rings. The number of sulfonamides is 1. The van der Waals surface area contributed by atoms with Crippen LogP contribution in [-0.4, -0.2) is 29.0 Å². The molecule has 9 heteroatoms. The number of hydrogen-bond acceptors (Lipinski definition) is 6. The molecule has 0 saturated carbocycles. The van der Waals surface area contributed by atoms with E-state index in [-0.39, 0.29) is 10.2 Å². The van der Waals surface area contributed by atoms with Crippen molar-refractivity contribution in [2.75, 3.05) is 4.72 Å². The molecule has 0 radical (unpaired) electrons. The first-order valence-corrected chi connectivity index (χ1v) is 5.84. The quantitative estimate of drug-likeness (QED) is 0.778. The SMILES string of the molecule is O=S(=O)(Nc1nn[nH]n1)c1cccs1. The van der Waals surface area contributed by atoms with E-state index < -0.39 is 10.0 Å². The van der Waals surface area contributed by atoms with Crippen LogP contribution in [0.3, 0.4) is 0 Å². The lowest BCUT2D eigenvalue weighted by molar-refractivity contribution is 0.602. The number of aromatic amines is 1. The standard InChI is InChI=1S/C5H5N5O2S2/c11-14(12,4-2-1-3-13-4)8-5-6-9-10-7-5/h1-3H,(H2,6,7,8,9,10). The van der Waals surface area contributed by atoms with Gasteiger partial charge in [0.25, 0.3) is 16.0 Å². The summed E-state index contributed by atoms with van der Waals surface area (Å²) >= 11 is 1.12. The molecule has 2 N–H and O–H groups in total. The van der Waals surface area contributed by atoms with Gasteiger partial charge in [0.05, 0.1) is 0 Å². The van der Waals surface area contributed by atoms with Crippen molar-refractivity contribution in [2.24, 2.45) is 0 Å². The third kappa shape index (κ3) is 1.72. The molecule has 0 atom stereocenters. The number of tetrazole rings is 1. The first kappa shape index (κ1) is 9.09. The largest absolute Gasteiger partial charge is 0.276 e. The predicted octanol–water partition coefficient (Wildman–Crippen LogP) is 0.0620. The topological polar surface area (TPSA) is 101 Å². The van der Waals surface area contributed by atoms with Gasteiger partial charge >= 0.3 is 0 Å². The zero-order chi connectivity index (χ0) is 10.0. The van der Waals surface area contributed by atoms with E-state index in [2.05, 4.69) is 25.3 Å². The molecule has 14 heavy (non-hydrogen) atoms. The summed E-state index contributed by atoms with van der Waals surface area (Å²) in [4.78, 5) is 0. The molecule has 2 aromatic heterocycles. The van der Waals surface area contributed by atoms with E-state index in [1.807, 2.05) is 0 Å². The summed E-state index contributed by atoms with van der Waals surface area (Å²) in [5.74, 6) is -0.0709. The molecule has 0 spiro atoms. The van der Waals surface area contributed by atoms with Crippen LogP contribution in [0.25, 0.3) is 0 Å². The zero-order valence-electron chi connectivity index (χ0n) is 6.71. The molecule has 0 bridgehead atoms. The Morgan fingerprint density at radius 3 is 2.93 bits per heavy atom. The average molecular weight is 231 g/mol. The number of nitrogens with zero attached hydrogens (tertiary/aromatic N) is 3. The number of H-pyrrole nitrogens is 1. The van der Waals surface area contributed by atoms with Crippen molar-refractivity contribution in [2.45, 2.75) is 4.21 Å². The summed E-state index contributed by atoms with van der Waals surface area (Å²) in [6, 6.07) is 3.14. The molecule has 0 aliphatic heterocycles. The number of anilines is 1. The Morgan fingerprint density at radius 2 is 2.36 bits per heavy atom. The maximum absolute atomic E-state index is 11.5. The second kappa shape index (κ2) is 3.35. The van der Waals surface area contributed by atoms with Gasteiger partial charge in [-0.2, -0.15) is 5.21 Å². The highest BCUT2D eigenvalue weighted by molar-refractivity contribution is 7.94. The highest BCUT2D eigenvalue weighted by Crippen LogP contribution is 2.17. The molecule has 2 heterocycles. The maximum Gasteiger partial charge on any atom is 0.276 e. The molecule has 74 valence electrons. The van der Waals surface area contributed by atoms with Crippen LogP contribution in [0.5, 0.6) is 0 Å². The smallest absolute Gasteiger partial charge is 0.244 e. The highest BCUT2D eigenvalue weighted by atomic mass is 32.2. The summed E-state index contributed by atoms with van der Waals surface area (Å²) in [5, 5.41) is 14.0. The van der Waals surface area contributed by atoms with E-state index in [9.17, 15) is 8.42 Å². The van der Waals surface area contributed by atoms with Gasteiger partial charge in [-0.15, -0.1) is 16.4 Å². The number of aromatic nitrogens is 4. The zero-order valence-corrected chi connectivity index (χ0v) is 8.34. The van der Waals surface area contributed by atoms with E-state index in [0.29, 0.717) is 0 Å². The van der Waals surface area contributed by atoms with E-state index >= 15 is 0 Å². The maximum atomic E-state index is 11.5. The van der Waals surface area contributed by atoms with Crippen molar-refractivity contribution in [3.05, 3.63) is 17.5 Å². The van der Waals surface area contributed by atoms with Gasteiger partial charge in [0.1, 0.15) is 4.21 Å². The van der Waals surface area contributed by atoms with E-state index in [4.69, 9.17) is 0 Å². The van der Waals surface area contributed by atoms with Crippen LogP contribution < -0.4 is 4.72 Å². The molecule has 0 aromatic carbocycles. The Balaban J connectivity index is 2.27. The third-order valence-electron chi connectivity index (χ3n) is 1.33. The average Bonchev–Trinajstić information content (AvgIpc) is 2.71. The first-order valence-electron chi connectivity index (χ1n) is 3.48. The molecule has 0 aliphatic rings. The fraction of sp³-hybridized carbons (Fsp3) is 0. The van der Waals surface area contributed by atoms with Gasteiger partial charge in [-0.3, -0.25) is 0 Å². The van der Waals surface area contributed by atoms with Crippen molar-refractivity contribution in [3.8, 4) is 0 Å². The Kier molecular flexibility index (Phi) is 2.17. The van der Waals surface area contributed by atoms with Crippen LogP contribution in [0, 0.1) is 0 Å². The summed E-state index contributed by atoms with van der Waals surface area (Å²) in [6.07, 6.45) is 0. The van der Waals surface area contributed by atoms with Gasteiger partial charge in [-0.1, -0.05) is 11.2 Å². The van der Waals surface area contributed by atoms with Crippen molar-refractivity contribution >= 4 is 27.3 Å². The third-order valence-corrected chi connectivity index (χ3v) is 4.06. The monoisotopic (exact) mass is 231 g/mol. The molecule has 0 aliphatic carbocycles. The molecule has 0 amide bonds. The van der Waals surface area contributed by atoms with Gasteiger partial charge in [-0.25, -0.2) is 13.1 Å². The Bertz CT molecular complexity index is 488. The summed E-state index contributed by atoms with van der Waals surface area (Å²) < 4.78 is 25.5. The van der Waals surface area contributed by atoms with Crippen LogP contribution in [0.1, 0.15) is 0 Å². The van der Waals surface area contributed by atoms with Gasteiger partial charge in [0.2, 0.25) is 0 Å². The first-order chi connectivity index (χ1) is 6.68. The lowest BCUT2D eigenvalue weighted by atomic mass is 10.7. The molecular weight excluding hydrogens is 226 g/mol. The van der Waals surface area contributed by atoms with Gasteiger partial charge in [0.15, 0.2) is 0 Å². The molecular formula is C5H5N5O2S2. The molecule has 2 rings (SSSR count). The van der Waals surface area contributed by atoms with Gasteiger partial charge < -0.3 is 0 Å². The summed E-state index contributed by atoms with van der Waals surface area (Å²) in [6.45, 7) is 0. The molecule has 0 unspecified atom stereocenters. The molecule has 0 saturated heterocycles. The summed E-state index contributed by atoms with van der Waals surface area (Å²) in [5.41, 5.74) is 0. The van der Waals surface area contributed by atoms with Crippen LogP contribution in [0.2, 0.25) is 0 Å². The highest BCUT2D eigenvalue weighted by Gasteiger charge is 2.16. The van der Waals surface area contributed by atoms with Crippen LogP contribution >= 0.6 is 11.3 Å². The minimum atomic E-state index is -3.56. The number of hydrogen-bond donors (Lipinski definition) is 2. The Labute approximate surface area is 83.2 Å². The second-order valence-electron chi connectivity index (χ2n) is 2.27. The van der Waals surface area contributed by atoms with Crippen molar-refractivity contribution in [1.82, 2.24) is 20.6 Å². The normalized spacial score (nSPS) is 11.4. The number of rotatable bonds is 3. The van der Waals surface area contributed by atoms with Gasteiger partial charge in [0, 0.05) is 0 Å². The van der Waals surface area contributed by atoms with E-state index in [1.165, 1.54) is 6.07 Å². The fourth-order valence-electron chi connectivity index (χ4n) is 0.792. The van der Waals surface area contributed by atoms with Gasteiger partial charge in [-0.05, 0) is 16.7 Å². The minimum absolute atomic E-state index is 0.0709. The number of thiophene rings is 1. The summed E-state index contributed by atoms with van der Waals surface area (Å²) in [7, 11) is -3.56. The van der Waals surface area contributed by atoms with Crippen LogP contribution in [0.15, 0.2) is 21.7 Å². The van der Waals surface area contributed by atoms with E-state index in [1.54, 1.807) is 11.4 Å². The van der Waals surface area contributed by atoms with Crippen LogP contribution in [-0.2, 0) is 10.0 Å². The number of nitrogens with one attached hydrogen (secondary N) is 2. The van der Waals surface area contributed by atoms with E-state index in [0.717, 1.165) is 11.3 Å². The molecule has 7 nitrogen and oxygen atoms in total. The predicted molar refractivity (Wildman–Crippen MR) is 49.3 cm³/mol. The van der Waals surface area contributed by atoms with Crippen molar-refractivity contribution < 1.29 is 8.42 Å². The minimum Gasteiger partial charge on any atom is -0.244 e. The lowest BCUT2D eigenvalue weighted by Gasteiger charge is -1.99. The van der Waals surface area contributed by atoms with Crippen LogP contribution in [0.4, 0.5) is 5.95 Å². The lowest BCUT2D eigenvalue weighted by Crippen LogP contribution is -2.12. The molecule has 2 aromatic rings. The second-order valence-corrected chi connectivity index (χ2v) is 5.13. The van der Waals surface area contributed by atoms with Crippen molar-refractivity contribution in [1.29, 1.82) is 0 Å². The Morgan fingerprint density at radius 1 is 1.50 bits per heavy atom.